The van der Waals surface area contributed by atoms with Gasteiger partial charge < -0.3 is 14.2 Å². The highest BCUT2D eigenvalue weighted by Crippen LogP contribution is 2.17. The van der Waals surface area contributed by atoms with Gasteiger partial charge in [-0.2, -0.15) is 0 Å². The fourth-order valence-corrected chi connectivity index (χ4v) is 9.48. The van der Waals surface area contributed by atoms with Crippen LogP contribution in [0.4, 0.5) is 0 Å². The smallest absolute Gasteiger partial charge is 0.306 e. The molecular formula is C73H126O6. The maximum atomic E-state index is 12.9. The van der Waals surface area contributed by atoms with Gasteiger partial charge in [0.15, 0.2) is 6.10 Å². The zero-order valence-corrected chi connectivity index (χ0v) is 52.1. The summed E-state index contributed by atoms with van der Waals surface area (Å²) in [5.41, 5.74) is 0. The SMILES string of the molecule is CC/C=C\C/C=C\C/C=C\C/C=C\C/C=C\CCCCCCCCCCCCCCCCCCCC(=O)OCC(COC(=O)CCCCCCC/C=C\CCCCCCC)OC(=O)CCCCCCC/C=C\C/C=C\CCCC. The molecule has 0 aliphatic rings. The molecule has 1 unspecified atom stereocenters. The summed E-state index contributed by atoms with van der Waals surface area (Å²) in [6.07, 6.45) is 90.0. The molecule has 6 heteroatoms. The van der Waals surface area contributed by atoms with E-state index in [2.05, 4.69) is 118 Å². The van der Waals surface area contributed by atoms with Gasteiger partial charge in [-0.3, -0.25) is 14.4 Å². The monoisotopic (exact) mass is 1100 g/mol. The van der Waals surface area contributed by atoms with Gasteiger partial charge in [0.05, 0.1) is 0 Å². The predicted octanol–water partition coefficient (Wildman–Crippen LogP) is 23.2. The van der Waals surface area contributed by atoms with Crippen LogP contribution in [-0.2, 0) is 28.6 Å². The molecule has 0 N–H and O–H groups in total. The fourth-order valence-electron chi connectivity index (χ4n) is 9.48. The number of esters is 3. The molecule has 0 saturated heterocycles. The topological polar surface area (TPSA) is 78.9 Å². The fraction of sp³-hybridized carbons (Fsp3) is 0.740. The van der Waals surface area contributed by atoms with Crippen LogP contribution in [0.3, 0.4) is 0 Å². The summed E-state index contributed by atoms with van der Waals surface area (Å²) in [4.78, 5) is 38.3. The van der Waals surface area contributed by atoms with Gasteiger partial charge in [0.1, 0.15) is 13.2 Å². The third-order valence-corrected chi connectivity index (χ3v) is 14.5. The van der Waals surface area contributed by atoms with E-state index in [-0.39, 0.29) is 31.1 Å². The zero-order valence-electron chi connectivity index (χ0n) is 52.1. The van der Waals surface area contributed by atoms with Crippen molar-refractivity contribution in [3.05, 3.63) is 97.2 Å². The molecule has 0 radical (unpaired) electrons. The van der Waals surface area contributed by atoms with Gasteiger partial charge in [-0.15, -0.1) is 0 Å². The Hall–Kier alpha value is -3.67. The normalized spacial score (nSPS) is 12.7. The van der Waals surface area contributed by atoms with E-state index in [0.29, 0.717) is 19.3 Å². The minimum Gasteiger partial charge on any atom is -0.462 e. The van der Waals surface area contributed by atoms with Crippen molar-refractivity contribution < 1.29 is 28.6 Å². The van der Waals surface area contributed by atoms with Crippen LogP contribution < -0.4 is 0 Å². The van der Waals surface area contributed by atoms with E-state index in [9.17, 15) is 14.4 Å². The van der Waals surface area contributed by atoms with Gasteiger partial charge in [-0.25, -0.2) is 0 Å². The number of unbranched alkanes of at least 4 members (excludes halogenated alkanes) is 34. The molecule has 0 bridgehead atoms. The van der Waals surface area contributed by atoms with E-state index in [4.69, 9.17) is 14.2 Å². The third kappa shape index (κ3) is 65.0. The molecule has 0 aromatic rings. The first-order chi connectivity index (χ1) is 39.0. The van der Waals surface area contributed by atoms with Crippen LogP contribution in [0.2, 0.25) is 0 Å². The number of allylic oxidation sites excluding steroid dienone is 16. The van der Waals surface area contributed by atoms with Crippen molar-refractivity contribution in [3.63, 3.8) is 0 Å². The average Bonchev–Trinajstić information content (AvgIpc) is 3.45. The summed E-state index contributed by atoms with van der Waals surface area (Å²) in [5, 5.41) is 0. The molecule has 0 aliphatic heterocycles. The van der Waals surface area contributed by atoms with Crippen molar-refractivity contribution >= 4 is 17.9 Å². The number of carbonyl (C=O) groups excluding carboxylic acids is 3. The Labute approximate surface area is 489 Å². The number of hydrogen-bond acceptors (Lipinski definition) is 6. The largest absolute Gasteiger partial charge is 0.462 e. The predicted molar refractivity (Wildman–Crippen MR) is 344 cm³/mol. The number of carbonyl (C=O) groups is 3. The lowest BCUT2D eigenvalue weighted by molar-refractivity contribution is -0.167. The molecule has 0 fully saturated rings. The van der Waals surface area contributed by atoms with Gasteiger partial charge in [-0.05, 0) is 116 Å². The van der Waals surface area contributed by atoms with Crippen molar-refractivity contribution in [2.45, 2.75) is 335 Å². The van der Waals surface area contributed by atoms with Crippen LogP contribution >= 0.6 is 0 Å². The van der Waals surface area contributed by atoms with Gasteiger partial charge in [0.25, 0.3) is 0 Å². The van der Waals surface area contributed by atoms with E-state index in [0.717, 1.165) is 122 Å². The summed E-state index contributed by atoms with van der Waals surface area (Å²) in [5.74, 6) is -0.893. The standard InChI is InChI=1S/C73H126O6/c1-4-7-10-13-16-19-22-25-28-29-30-31-32-33-34-35-36-37-38-39-40-41-42-43-44-45-46-49-51-54-57-60-63-66-72(75)78-69-70(79-73(76)67-64-61-58-55-52-48-27-24-21-18-15-12-9-6-3)68-77-71(74)65-62-59-56-53-50-47-26-23-20-17-14-11-8-5-2/h7,10,15-16,18-19,23-28,30-31,33-34,70H,4-6,8-9,11-14,17,20-22,29,32,35-69H2,1-3H3/b10-7-,18-15-,19-16-,26-23-,27-24-,28-25-,31-30-,34-33-. The molecule has 0 aliphatic carbocycles. The quantitative estimate of drug-likeness (QED) is 0.0261. The third-order valence-electron chi connectivity index (χ3n) is 14.5. The number of hydrogen-bond donors (Lipinski definition) is 0. The van der Waals surface area contributed by atoms with E-state index in [1.165, 1.54) is 167 Å². The Morgan fingerprint density at radius 3 is 0.823 bits per heavy atom. The molecule has 0 aromatic carbocycles. The van der Waals surface area contributed by atoms with E-state index >= 15 is 0 Å². The minimum absolute atomic E-state index is 0.0827. The van der Waals surface area contributed by atoms with Crippen molar-refractivity contribution in [2.24, 2.45) is 0 Å². The number of ether oxygens (including phenoxy) is 3. The lowest BCUT2D eigenvalue weighted by Crippen LogP contribution is -2.30. The van der Waals surface area contributed by atoms with Gasteiger partial charge in [0.2, 0.25) is 0 Å². The van der Waals surface area contributed by atoms with Crippen LogP contribution in [0.15, 0.2) is 97.2 Å². The Morgan fingerprint density at radius 1 is 0.266 bits per heavy atom. The first-order valence-electron chi connectivity index (χ1n) is 33.7. The molecule has 1 atom stereocenters. The lowest BCUT2D eigenvalue weighted by atomic mass is 10.0. The number of rotatable bonds is 61. The lowest BCUT2D eigenvalue weighted by Gasteiger charge is -2.18. The van der Waals surface area contributed by atoms with E-state index in [1.807, 2.05) is 0 Å². The summed E-state index contributed by atoms with van der Waals surface area (Å²) >= 11 is 0. The Morgan fingerprint density at radius 2 is 0.506 bits per heavy atom. The maximum absolute atomic E-state index is 12.9. The molecule has 0 spiro atoms. The van der Waals surface area contributed by atoms with Crippen molar-refractivity contribution in [2.75, 3.05) is 13.2 Å². The van der Waals surface area contributed by atoms with E-state index in [1.54, 1.807) is 0 Å². The Kier molecular flexibility index (Phi) is 63.7. The summed E-state index contributed by atoms with van der Waals surface area (Å²) < 4.78 is 16.9. The van der Waals surface area contributed by atoms with Crippen LogP contribution in [0.5, 0.6) is 0 Å². The van der Waals surface area contributed by atoms with Crippen LogP contribution in [0, 0.1) is 0 Å². The molecule has 79 heavy (non-hydrogen) atoms. The molecule has 6 nitrogen and oxygen atoms in total. The molecule has 0 rings (SSSR count). The average molecular weight is 1100 g/mol. The van der Waals surface area contributed by atoms with Crippen LogP contribution in [0.1, 0.15) is 329 Å². The Bertz CT molecular complexity index is 1540. The van der Waals surface area contributed by atoms with Crippen molar-refractivity contribution in [1.29, 1.82) is 0 Å². The van der Waals surface area contributed by atoms with Gasteiger partial charge >= 0.3 is 17.9 Å². The van der Waals surface area contributed by atoms with E-state index < -0.39 is 6.10 Å². The highest BCUT2D eigenvalue weighted by atomic mass is 16.6. The molecule has 0 saturated carbocycles. The molecule has 0 aromatic heterocycles. The van der Waals surface area contributed by atoms with Crippen molar-refractivity contribution in [1.82, 2.24) is 0 Å². The highest BCUT2D eigenvalue weighted by molar-refractivity contribution is 5.71. The minimum atomic E-state index is -0.787. The summed E-state index contributed by atoms with van der Waals surface area (Å²) in [7, 11) is 0. The van der Waals surface area contributed by atoms with Crippen molar-refractivity contribution in [3.8, 4) is 0 Å². The second-order valence-electron chi connectivity index (χ2n) is 22.3. The molecule has 0 amide bonds. The maximum Gasteiger partial charge on any atom is 0.306 e. The Balaban J connectivity index is 4.16. The summed E-state index contributed by atoms with van der Waals surface area (Å²) in [6.45, 7) is 6.49. The first-order valence-corrected chi connectivity index (χ1v) is 33.7. The van der Waals surface area contributed by atoms with Gasteiger partial charge in [-0.1, -0.05) is 291 Å². The highest BCUT2D eigenvalue weighted by Gasteiger charge is 2.19. The second-order valence-corrected chi connectivity index (χ2v) is 22.3. The van der Waals surface area contributed by atoms with Crippen LogP contribution in [-0.4, -0.2) is 37.2 Å². The molecule has 0 heterocycles. The summed E-state index contributed by atoms with van der Waals surface area (Å²) in [6, 6.07) is 0. The van der Waals surface area contributed by atoms with Gasteiger partial charge in [0, 0.05) is 19.3 Å². The van der Waals surface area contributed by atoms with Crippen LogP contribution in [0.25, 0.3) is 0 Å². The molecule has 454 valence electrons. The molecular weight excluding hydrogens is 973 g/mol. The second kappa shape index (κ2) is 66.8. The first kappa shape index (κ1) is 75.3. The zero-order chi connectivity index (χ0) is 57.1.